The Balaban J connectivity index is 1.39. The molecule has 1 fully saturated rings. The van der Waals surface area contributed by atoms with E-state index in [1.165, 1.54) is 0 Å². The standard InChI is InChI=1S/C21H28ClN5O2/c1-15(23-21(28)16-7-12-29-13-8-16)20-25-24-19-6-9-26(10-11-27(19)20)14-17-4-2-3-5-18(17)22/h2-5,15-16H,6-14H2,1H3,(H,23,28). The van der Waals surface area contributed by atoms with E-state index >= 15 is 0 Å². The predicted octanol–water partition coefficient (Wildman–Crippen LogP) is 2.59. The molecule has 3 heterocycles. The highest BCUT2D eigenvalue weighted by molar-refractivity contribution is 6.31. The molecule has 0 spiro atoms. The third-order valence-electron chi connectivity index (χ3n) is 5.84. The Labute approximate surface area is 176 Å². The predicted molar refractivity (Wildman–Crippen MR) is 111 cm³/mol. The van der Waals surface area contributed by atoms with Crippen molar-refractivity contribution in [2.75, 3.05) is 26.3 Å². The molecule has 0 radical (unpaired) electrons. The van der Waals surface area contributed by atoms with E-state index in [0.717, 1.165) is 67.7 Å². The van der Waals surface area contributed by atoms with Gasteiger partial charge in [0, 0.05) is 56.8 Å². The fourth-order valence-electron chi connectivity index (χ4n) is 4.09. The molecule has 156 valence electrons. The van der Waals surface area contributed by atoms with Crippen LogP contribution < -0.4 is 5.32 Å². The van der Waals surface area contributed by atoms with E-state index < -0.39 is 0 Å². The second-order valence-electron chi connectivity index (χ2n) is 7.86. The van der Waals surface area contributed by atoms with Gasteiger partial charge in [-0.3, -0.25) is 9.69 Å². The molecule has 2 aliphatic heterocycles. The zero-order valence-electron chi connectivity index (χ0n) is 16.8. The van der Waals surface area contributed by atoms with Crippen LogP contribution in [-0.2, 0) is 29.0 Å². The van der Waals surface area contributed by atoms with E-state index in [2.05, 4.69) is 31.0 Å². The van der Waals surface area contributed by atoms with E-state index in [0.29, 0.717) is 13.2 Å². The Kier molecular flexibility index (Phi) is 6.47. The van der Waals surface area contributed by atoms with Crippen LogP contribution >= 0.6 is 11.6 Å². The number of nitrogens with one attached hydrogen (secondary N) is 1. The van der Waals surface area contributed by atoms with Crippen LogP contribution in [0.15, 0.2) is 24.3 Å². The lowest BCUT2D eigenvalue weighted by Gasteiger charge is -2.23. The lowest BCUT2D eigenvalue weighted by Crippen LogP contribution is -2.36. The van der Waals surface area contributed by atoms with E-state index in [9.17, 15) is 4.79 Å². The topological polar surface area (TPSA) is 72.3 Å². The molecule has 1 atom stereocenters. The minimum Gasteiger partial charge on any atom is -0.381 e. The summed E-state index contributed by atoms with van der Waals surface area (Å²) in [7, 11) is 0. The molecule has 1 unspecified atom stereocenters. The van der Waals surface area contributed by atoms with Crippen LogP contribution in [0.2, 0.25) is 5.02 Å². The Morgan fingerprint density at radius 3 is 2.83 bits per heavy atom. The number of rotatable bonds is 5. The maximum atomic E-state index is 12.6. The average Bonchev–Trinajstić information content (AvgIpc) is 3.05. The Hall–Kier alpha value is -1.96. The minimum atomic E-state index is -0.165. The van der Waals surface area contributed by atoms with Gasteiger partial charge in [0.2, 0.25) is 5.91 Å². The second kappa shape index (κ2) is 9.24. The van der Waals surface area contributed by atoms with E-state index in [1.807, 2.05) is 25.1 Å². The molecule has 0 saturated carbocycles. The van der Waals surface area contributed by atoms with Crippen molar-refractivity contribution in [1.29, 1.82) is 0 Å². The van der Waals surface area contributed by atoms with Crippen molar-refractivity contribution >= 4 is 17.5 Å². The van der Waals surface area contributed by atoms with Gasteiger partial charge in [-0.1, -0.05) is 29.8 Å². The van der Waals surface area contributed by atoms with Crippen LogP contribution in [-0.4, -0.2) is 51.9 Å². The second-order valence-corrected chi connectivity index (χ2v) is 8.27. The van der Waals surface area contributed by atoms with Crippen molar-refractivity contribution in [2.45, 2.75) is 45.3 Å². The van der Waals surface area contributed by atoms with Crippen LogP contribution in [0.4, 0.5) is 0 Å². The molecule has 1 amide bonds. The van der Waals surface area contributed by atoms with Crippen LogP contribution in [0.1, 0.15) is 43.0 Å². The van der Waals surface area contributed by atoms with Crippen molar-refractivity contribution in [3.8, 4) is 0 Å². The fraction of sp³-hybridized carbons (Fsp3) is 0.571. The number of aromatic nitrogens is 3. The van der Waals surface area contributed by atoms with E-state index in [-0.39, 0.29) is 17.9 Å². The average molecular weight is 418 g/mol. The molecule has 2 aliphatic rings. The molecular formula is C21H28ClN5O2. The molecule has 1 saturated heterocycles. The van der Waals surface area contributed by atoms with Gasteiger partial charge < -0.3 is 14.6 Å². The fourth-order valence-corrected chi connectivity index (χ4v) is 4.29. The zero-order chi connectivity index (χ0) is 20.2. The van der Waals surface area contributed by atoms with E-state index in [4.69, 9.17) is 16.3 Å². The Bertz CT molecular complexity index is 849. The number of carbonyl (C=O) groups is 1. The lowest BCUT2D eigenvalue weighted by atomic mass is 9.99. The number of benzene rings is 1. The lowest BCUT2D eigenvalue weighted by molar-refractivity contribution is -0.128. The van der Waals surface area contributed by atoms with Crippen molar-refractivity contribution < 1.29 is 9.53 Å². The number of nitrogens with zero attached hydrogens (tertiary/aromatic N) is 4. The summed E-state index contributed by atoms with van der Waals surface area (Å²) < 4.78 is 7.52. The quantitative estimate of drug-likeness (QED) is 0.809. The van der Waals surface area contributed by atoms with Crippen molar-refractivity contribution in [1.82, 2.24) is 25.0 Å². The molecule has 1 aromatic heterocycles. The molecule has 2 aromatic rings. The van der Waals surface area contributed by atoms with Gasteiger partial charge in [0.05, 0.1) is 6.04 Å². The van der Waals surface area contributed by atoms with Crippen LogP contribution in [0.3, 0.4) is 0 Å². The molecule has 1 aromatic carbocycles. The highest BCUT2D eigenvalue weighted by atomic mass is 35.5. The zero-order valence-corrected chi connectivity index (χ0v) is 17.6. The first-order chi connectivity index (χ1) is 14.1. The molecule has 1 N–H and O–H groups in total. The summed E-state index contributed by atoms with van der Waals surface area (Å²) in [5.74, 6) is 1.93. The molecule has 4 rings (SSSR count). The van der Waals surface area contributed by atoms with Crippen LogP contribution in [0.5, 0.6) is 0 Å². The summed E-state index contributed by atoms with van der Waals surface area (Å²) in [4.78, 5) is 15.0. The molecular weight excluding hydrogens is 390 g/mol. The highest BCUT2D eigenvalue weighted by Crippen LogP contribution is 2.21. The smallest absolute Gasteiger partial charge is 0.223 e. The molecule has 0 aliphatic carbocycles. The van der Waals surface area contributed by atoms with Gasteiger partial charge in [0.25, 0.3) is 0 Å². The largest absolute Gasteiger partial charge is 0.381 e. The minimum absolute atomic E-state index is 0.0313. The summed E-state index contributed by atoms with van der Waals surface area (Å²) in [6, 6.07) is 7.83. The van der Waals surface area contributed by atoms with E-state index in [1.54, 1.807) is 0 Å². The van der Waals surface area contributed by atoms with Crippen LogP contribution in [0, 0.1) is 5.92 Å². The summed E-state index contributed by atoms with van der Waals surface area (Å²) in [6.07, 6.45) is 2.40. The van der Waals surface area contributed by atoms with Gasteiger partial charge in [-0.2, -0.15) is 0 Å². The van der Waals surface area contributed by atoms with Gasteiger partial charge in [-0.25, -0.2) is 0 Å². The number of amides is 1. The van der Waals surface area contributed by atoms with Gasteiger partial charge in [0.1, 0.15) is 5.82 Å². The number of ether oxygens (including phenoxy) is 1. The summed E-state index contributed by atoms with van der Waals surface area (Å²) in [6.45, 7) is 6.74. The molecule has 0 bridgehead atoms. The van der Waals surface area contributed by atoms with Crippen LogP contribution in [0.25, 0.3) is 0 Å². The van der Waals surface area contributed by atoms with Gasteiger partial charge in [0.15, 0.2) is 5.82 Å². The van der Waals surface area contributed by atoms with Gasteiger partial charge in [-0.15, -0.1) is 10.2 Å². The Morgan fingerprint density at radius 2 is 2.03 bits per heavy atom. The first kappa shape index (κ1) is 20.3. The van der Waals surface area contributed by atoms with Crippen molar-refractivity contribution in [2.24, 2.45) is 5.92 Å². The molecule has 7 nitrogen and oxygen atoms in total. The number of carbonyl (C=O) groups excluding carboxylic acids is 1. The molecule has 8 heteroatoms. The maximum Gasteiger partial charge on any atom is 0.223 e. The number of hydrogen-bond donors (Lipinski definition) is 1. The monoisotopic (exact) mass is 417 g/mol. The summed E-state index contributed by atoms with van der Waals surface area (Å²) in [5, 5.41) is 12.7. The first-order valence-electron chi connectivity index (χ1n) is 10.4. The Morgan fingerprint density at radius 1 is 1.24 bits per heavy atom. The summed E-state index contributed by atoms with van der Waals surface area (Å²) >= 11 is 6.33. The highest BCUT2D eigenvalue weighted by Gasteiger charge is 2.26. The number of halogens is 1. The normalized spacial score (nSPS) is 19.4. The summed E-state index contributed by atoms with van der Waals surface area (Å²) in [5.41, 5.74) is 1.14. The molecule has 29 heavy (non-hydrogen) atoms. The van der Waals surface area contributed by atoms with Crippen molar-refractivity contribution in [3.63, 3.8) is 0 Å². The third-order valence-corrected chi connectivity index (χ3v) is 6.21. The SMILES string of the molecule is CC(NC(=O)C1CCOCC1)c1nnc2n1CCN(Cc1ccccc1Cl)CC2. The number of hydrogen-bond acceptors (Lipinski definition) is 5. The van der Waals surface area contributed by atoms with Gasteiger partial charge >= 0.3 is 0 Å². The first-order valence-corrected chi connectivity index (χ1v) is 10.8. The maximum absolute atomic E-state index is 12.6. The third kappa shape index (κ3) is 4.79. The van der Waals surface area contributed by atoms with Gasteiger partial charge in [-0.05, 0) is 31.4 Å². The number of fused-ring (bicyclic) bond motifs is 1. The van der Waals surface area contributed by atoms with Crippen molar-refractivity contribution in [3.05, 3.63) is 46.5 Å².